The third kappa shape index (κ3) is 1.22. The molecule has 1 spiro atoms. The van der Waals surface area contributed by atoms with Gasteiger partial charge in [-0.15, -0.1) is 0 Å². The van der Waals surface area contributed by atoms with E-state index in [4.69, 9.17) is 5.73 Å². The smallest absolute Gasteiger partial charge is 0.227 e. The molecule has 0 bridgehead atoms. The molecule has 2 N–H and O–H groups in total. The van der Waals surface area contributed by atoms with Crippen LogP contribution in [0.5, 0.6) is 0 Å². The van der Waals surface area contributed by atoms with Gasteiger partial charge in [0.05, 0.1) is 0 Å². The molecule has 0 unspecified atom stereocenters. The Labute approximate surface area is 94.5 Å². The predicted octanol–water partition coefficient (Wildman–Crippen LogP) is 1.45. The minimum Gasteiger partial charge on any atom is -0.384 e. The standard InChI is InChI=1S/C12H15N3O/c1-15-10(16)4-5-12(6-7-12)8-2-3-9(13)14-11(8)15/h2-3H,4-7H2,1H3,(H2,13,14). The molecule has 1 aliphatic heterocycles. The Hall–Kier alpha value is -1.58. The Morgan fingerprint density at radius 2 is 2.12 bits per heavy atom. The summed E-state index contributed by atoms with van der Waals surface area (Å²) in [4.78, 5) is 17.8. The molecule has 0 saturated heterocycles. The zero-order valence-corrected chi connectivity index (χ0v) is 9.36. The van der Waals surface area contributed by atoms with Crippen molar-refractivity contribution in [3.63, 3.8) is 0 Å². The molecule has 3 rings (SSSR count). The molecule has 1 saturated carbocycles. The summed E-state index contributed by atoms with van der Waals surface area (Å²) in [7, 11) is 1.79. The molecule has 0 radical (unpaired) electrons. The lowest BCUT2D eigenvalue weighted by atomic mass is 9.92. The molecule has 2 aliphatic rings. The number of amides is 1. The van der Waals surface area contributed by atoms with Crippen molar-refractivity contribution in [3.8, 4) is 0 Å². The summed E-state index contributed by atoms with van der Waals surface area (Å²) in [5.41, 5.74) is 7.12. The Morgan fingerprint density at radius 3 is 2.81 bits per heavy atom. The number of rotatable bonds is 0. The lowest BCUT2D eigenvalue weighted by Gasteiger charge is -2.18. The van der Waals surface area contributed by atoms with Gasteiger partial charge in [-0.25, -0.2) is 4.98 Å². The van der Waals surface area contributed by atoms with Crippen LogP contribution in [-0.2, 0) is 10.2 Å². The van der Waals surface area contributed by atoms with Crippen molar-refractivity contribution in [3.05, 3.63) is 17.7 Å². The highest BCUT2D eigenvalue weighted by Gasteiger charge is 2.48. The molecule has 16 heavy (non-hydrogen) atoms. The number of hydrogen-bond donors (Lipinski definition) is 1. The molecule has 84 valence electrons. The lowest BCUT2D eigenvalue weighted by Crippen LogP contribution is -2.26. The van der Waals surface area contributed by atoms with E-state index in [0.29, 0.717) is 12.2 Å². The summed E-state index contributed by atoms with van der Waals surface area (Å²) in [5.74, 6) is 1.39. The van der Waals surface area contributed by atoms with Crippen LogP contribution in [0.15, 0.2) is 12.1 Å². The second-order valence-corrected chi connectivity index (χ2v) is 4.84. The Morgan fingerprint density at radius 1 is 1.38 bits per heavy atom. The van der Waals surface area contributed by atoms with Gasteiger partial charge in [0.25, 0.3) is 0 Å². The first-order valence-corrected chi connectivity index (χ1v) is 5.66. The first-order valence-electron chi connectivity index (χ1n) is 5.66. The fraction of sp³-hybridized carbons (Fsp3) is 0.500. The average Bonchev–Trinajstić information content (AvgIpc) is 3.05. The van der Waals surface area contributed by atoms with Crippen molar-refractivity contribution in [1.29, 1.82) is 0 Å². The Bertz CT molecular complexity index is 465. The molecule has 1 aromatic heterocycles. The van der Waals surface area contributed by atoms with Crippen LogP contribution < -0.4 is 10.6 Å². The van der Waals surface area contributed by atoms with Crippen molar-refractivity contribution >= 4 is 17.5 Å². The van der Waals surface area contributed by atoms with Gasteiger partial charge < -0.3 is 5.73 Å². The van der Waals surface area contributed by atoms with Crippen LogP contribution in [0.1, 0.15) is 31.2 Å². The Kier molecular flexibility index (Phi) is 1.79. The highest BCUT2D eigenvalue weighted by atomic mass is 16.2. The minimum atomic E-state index is 0.142. The maximum absolute atomic E-state index is 11.8. The number of aromatic nitrogens is 1. The molecule has 0 atom stereocenters. The van der Waals surface area contributed by atoms with Crippen molar-refractivity contribution in [2.75, 3.05) is 17.7 Å². The molecule has 1 amide bonds. The summed E-state index contributed by atoms with van der Waals surface area (Å²) in [5, 5.41) is 0. The number of nitrogens with zero attached hydrogens (tertiary/aromatic N) is 2. The quantitative estimate of drug-likeness (QED) is 0.715. The van der Waals surface area contributed by atoms with Gasteiger partial charge in [0.15, 0.2) is 0 Å². The van der Waals surface area contributed by atoms with Crippen LogP contribution in [-0.4, -0.2) is 17.9 Å². The van der Waals surface area contributed by atoms with Gasteiger partial charge >= 0.3 is 0 Å². The van der Waals surface area contributed by atoms with Crippen LogP contribution >= 0.6 is 0 Å². The van der Waals surface area contributed by atoms with Crippen LogP contribution in [0.2, 0.25) is 0 Å². The van der Waals surface area contributed by atoms with E-state index in [0.717, 1.165) is 12.2 Å². The molecular formula is C12H15N3O. The van der Waals surface area contributed by atoms with E-state index in [1.807, 2.05) is 12.1 Å². The third-order valence-corrected chi connectivity index (χ3v) is 3.83. The molecule has 4 nitrogen and oxygen atoms in total. The van der Waals surface area contributed by atoms with Crippen molar-refractivity contribution < 1.29 is 4.79 Å². The molecule has 4 heteroatoms. The fourth-order valence-corrected chi connectivity index (χ4v) is 2.57. The maximum Gasteiger partial charge on any atom is 0.227 e. The minimum absolute atomic E-state index is 0.142. The first-order chi connectivity index (χ1) is 7.62. The third-order valence-electron chi connectivity index (χ3n) is 3.83. The average molecular weight is 217 g/mol. The normalized spacial score (nSPS) is 21.8. The van der Waals surface area contributed by atoms with E-state index in [2.05, 4.69) is 4.98 Å². The zero-order valence-electron chi connectivity index (χ0n) is 9.36. The number of pyridine rings is 1. The van der Waals surface area contributed by atoms with E-state index in [1.165, 1.54) is 18.4 Å². The van der Waals surface area contributed by atoms with Gasteiger partial charge in [-0.2, -0.15) is 0 Å². The zero-order chi connectivity index (χ0) is 11.3. The summed E-state index contributed by atoms with van der Waals surface area (Å²) in [6.45, 7) is 0. The van der Waals surface area contributed by atoms with E-state index >= 15 is 0 Å². The van der Waals surface area contributed by atoms with E-state index in [-0.39, 0.29) is 11.3 Å². The lowest BCUT2D eigenvalue weighted by molar-refractivity contribution is -0.118. The molecule has 2 heterocycles. The van der Waals surface area contributed by atoms with Crippen LogP contribution in [0.25, 0.3) is 0 Å². The topological polar surface area (TPSA) is 59.2 Å². The molecule has 1 aromatic rings. The van der Waals surface area contributed by atoms with E-state index in [1.54, 1.807) is 11.9 Å². The van der Waals surface area contributed by atoms with Gasteiger partial charge in [0.1, 0.15) is 11.6 Å². The van der Waals surface area contributed by atoms with Gasteiger partial charge in [-0.3, -0.25) is 9.69 Å². The molecule has 0 aromatic carbocycles. The van der Waals surface area contributed by atoms with Gasteiger partial charge in [-0.05, 0) is 30.7 Å². The monoisotopic (exact) mass is 217 g/mol. The highest BCUT2D eigenvalue weighted by molar-refractivity contribution is 5.94. The second kappa shape index (κ2) is 2.97. The molecular weight excluding hydrogens is 202 g/mol. The van der Waals surface area contributed by atoms with Crippen LogP contribution in [0.4, 0.5) is 11.6 Å². The van der Waals surface area contributed by atoms with Crippen LogP contribution in [0, 0.1) is 0 Å². The summed E-state index contributed by atoms with van der Waals surface area (Å²) in [6.07, 6.45) is 3.92. The number of hydrogen-bond acceptors (Lipinski definition) is 3. The van der Waals surface area contributed by atoms with Gasteiger partial charge in [-0.1, -0.05) is 6.07 Å². The molecule has 1 fully saturated rings. The van der Waals surface area contributed by atoms with E-state index < -0.39 is 0 Å². The number of anilines is 2. The van der Waals surface area contributed by atoms with Gasteiger partial charge in [0, 0.05) is 19.0 Å². The highest BCUT2D eigenvalue weighted by Crippen LogP contribution is 2.55. The number of nitrogen functional groups attached to an aromatic ring is 1. The largest absolute Gasteiger partial charge is 0.384 e. The fourth-order valence-electron chi connectivity index (χ4n) is 2.57. The second-order valence-electron chi connectivity index (χ2n) is 4.84. The van der Waals surface area contributed by atoms with Crippen molar-refractivity contribution in [2.24, 2.45) is 0 Å². The first kappa shape index (κ1) is 9.63. The van der Waals surface area contributed by atoms with Crippen molar-refractivity contribution in [1.82, 2.24) is 4.98 Å². The number of fused-ring (bicyclic) bond motifs is 2. The number of nitrogens with two attached hydrogens (primary N) is 1. The van der Waals surface area contributed by atoms with E-state index in [9.17, 15) is 4.79 Å². The summed E-state index contributed by atoms with van der Waals surface area (Å²) >= 11 is 0. The maximum atomic E-state index is 11.8. The summed E-state index contributed by atoms with van der Waals surface area (Å²) in [6, 6.07) is 3.88. The predicted molar refractivity (Wildman–Crippen MR) is 62.2 cm³/mol. The van der Waals surface area contributed by atoms with Crippen LogP contribution in [0.3, 0.4) is 0 Å². The summed E-state index contributed by atoms with van der Waals surface area (Å²) < 4.78 is 0. The SMILES string of the molecule is CN1C(=O)CCC2(CC2)c2ccc(N)nc21. The number of carbonyl (C=O) groups is 1. The molecule has 1 aliphatic carbocycles. The number of carbonyl (C=O) groups excluding carboxylic acids is 1. The van der Waals surface area contributed by atoms with Crippen molar-refractivity contribution in [2.45, 2.75) is 31.1 Å². The Balaban J connectivity index is 2.19. The van der Waals surface area contributed by atoms with Gasteiger partial charge in [0.2, 0.25) is 5.91 Å².